The van der Waals surface area contributed by atoms with Crippen molar-refractivity contribution in [2.75, 3.05) is 22.9 Å². The Kier molecular flexibility index (Phi) is 2.54. The van der Waals surface area contributed by atoms with E-state index in [-0.39, 0.29) is 6.01 Å². The van der Waals surface area contributed by atoms with Gasteiger partial charge in [0.1, 0.15) is 0 Å². The summed E-state index contributed by atoms with van der Waals surface area (Å²) in [5, 5.41) is 8.14. The van der Waals surface area contributed by atoms with Gasteiger partial charge in [-0.25, -0.2) is 0 Å². The summed E-state index contributed by atoms with van der Waals surface area (Å²) in [5.74, 6) is 1.09. The number of thioether (sulfide) groups is 1. The van der Waals surface area contributed by atoms with Gasteiger partial charge >= 0.3 is 12.0 Å². The smallest absolute Gasteiger partial charge is 0.319 e. The van der Waals surface area contributed by atoms with Crippen LogP contribution >= 0.6 is 11.8 Å². The van der Waals surface area contributed by atoms with Crippen molar-refractivity contribution in [3.63, 3.8) is 0 Å². The molecule has 0 saturated carbocycles. The zero-order chi connectivity index (χ0) is 10.1. The number of nitrogen functional groups attached to an aromatic ring is 1. The molecule has 78 valence electrons. The Morgan fingerprint density at radius 1 is 1.50 bits per heavy atom. The van der Waals surface area contributed by atoms with Crippen LogP contribution in [-0.2, 0) is 0 Å². The number of rotatable bonds is 1. The predicted octanol–water partition coefficient (Wildman–Crippen LogP) is 0.982. The van der Waals surface area contributed by atoms with Crippen molar-refractivity contribution in [1.82, 2.24) is 10.2 Å². The molecule has 2 unspecified atom stereocenters. The van der Waals surface area contributed by atoms with Gasteiger partial charge in [-0.3, -0.25) is 0 Å². The molecule has 2 N–H and O–H groups in total. The Hall–Kier alpha value is -0.910. The molecule has 14 heavy (non-hydrogen) atoms. The lowest BCUT2D eigenvalue weighted by atomic mass is 10.2. The van der Waals surface area contributed by atoms with E-state index in [2.05, 4.69) is 28.9 Å². The molecule has 2 rings (SSSR count). The number of hydrogen-bond donors (Lipinski definition) is 1. The number of hydrogen-bond acceptors (Lipinski definition) is 6. The molecule has 1 aliphatic heterocycles. The SMILES string of the molecule is CC1SCCN(c2nnc(N)o2)C1C. The molecule has 1 aliphatic rings. The summed E-state index contributed by atoms with van der Waals surface area (Å²) < 4.78 is 5.21. The van der Waals surface area contributed by atoms with Crippen LogP contribution in [0.1, 0.15) is 13.8 Å². The number of nitrogens with two attached hydrogens (primary N) is 1. The number of anilines is 2. The van der Waals surface area contributed by atoms with Gasteiger partial charge in [-0.1, -0.05) is 17.1 Å². The minimum Gasteiger partial charge on any atom is -0.390 e. The Morgan fingerprint density at radius 3 is 2.93 bits per heavy atom. The third-order valence-electron chi connectivity index (χ3n) is 2.56. The molecule has 0 aliphatic carbocycles. The monoisotopic (exact) mass is 214 g/mol. The fraction of sp³-hybridized carbons (Fsp3) is 0.750. The Morgan fingerprint density at radius 2 is 2.29 bits per heavy atom. The minimum absolute atomic E-state index is 0.137. The lowest BCUT2D eigenvalue weighted by molar-refractivity contribution is 0.510. The first kappa shape index (κ1) is 9.64. The molecule has 2 atom stereocenters. The van der Waals surface area contributed by atoms with E-state index in [1.807, 2.05) is 11.8 Å². The van der Waals surface area contributed by atoms with Crippen molar-refractivity contribution >= 4 is 23.8 Å². The third-order valence-corrected chi connectivity index (χ3v) is 3.90. The van der Waals surface area contributed by atoms with Crippen LogP contribution in [0, 0.1) is 0 Å². The van der Waals surface area contributed by atoms with E-state index in [1.54, 1.807) is 0 Å². The van der Waals surface area contributed by atoms with Gasteiger partial charge in [0.2, 0.25) is 0 Å². The standard InChI is InChI=1S/C8H14N4OS/c1-5-6(2)14-4-3-12(5)8-11-10-7(9)13-8/h5-6H,3-4H2,1-2H3,(H2,9,10). The largest absolute Gasteiger partial charge is 0.390 e. The van der Waals surface area contributed by atoms with E-state index in [0.29, 0.717) is 17.3 Å². The fourth-order valence-corrected chi connectivity index (χ4v) is 2.64. The van der Waals surface area contributed by atoms with E-state index < -0.39 is 0 Å². The first-order valence-corrected chi connectivity index (χ1v) is 5.70. The average Bonchev–Trinajstić information content (AvgIpc) is 2.57. The molecule has 0 radical (unpaired) electrons. The lowest BCUT2D eigenvalue weighted by Crippen LogP contribution is -2.44. The van der Waals surface area contributed by atoms with Crippen LogP contribution in [0.15, 0.2) is 4.42 Å². The molecular formula is C8H14N4OS. The van der Waals surface area contributed by atoms with Crippen molar-refractivity contribution in [3.05, 3.63) is 0 Å². The van der Waals surface area contributed by atoms with Gasteiger partial charge in [-0.05, 0) is 6.92 Å². The Bertz CT molecular complexity index is 316. The highest BCUT2D eigenvalue weighted by molar-refractivity contribution is 8.00. The van der Waals surface area contributed by atoms with Crippen LogP contribution in [-0.4, -0.2) is 33.8 Å². The van der Waals surface area contributed by atoms with E-state index in [9.17, 15) is 0 Å². The van der Waals surface area contributed by atoms with E-state index in [1.165, 1.54) is 0 Å². The molecule has 5 nitrogen and oxygen atoms in total. The van der Waals surface area contributed by atoms with Crippen LogP contribution in [0.25, 0.3) is 0 Å². The zero-order valence-electron chi connectivity index (χ0n) is 8.30. The fourth-order valence-electron chi connectivity index (χ4n) is 1.55. The molecular weight excluding hydrogens is 200 g/mol. The second-order valence-electron chi connectivity index (χ2n) is 3.43. The molecule has 1 aromatic rings. The maximum Gasteiger partial charge on any atom is 0.319 e. The van der Waals surface area contributed by atoms with Crippen molar-refractivity contribution in [1.29, 1.82) is 0 Å². The van der Waals surface area contributed by atoms with Crippen LogP contribution in [0.5, 0.6) is 0 Å². The molecule has 2 heterocycles. The molecule has 1 aromatic heterocycles. The summed E-state index contributed by atoms with van der Waals surface area (Å²) in [5.41, 5.74) is 5.39. The maximum atomic E-state index is 5.39. The zero-order valence-corrected chi connectivity index (χ0v) is 9.12. The highest BCUT2D eigenvalue weighted by atomic mass is 32.2. The highest BCUT2D eigenvalue weighted by Crippen LogP contribution is 2.28. The van der Waals surface area contributed by atoms with Gasteiger partial charge in [0.05, 0.1) is 0 Å². The van der Waals surface area contributed by atoms with Crippen LogP contribution < -0.4 is 10.6 Å². The quantitative estimate of drug-likeness (QED) is 0.751. The molecule has 0 amide bonds. The van der Waals surface area contributed by atoms with E-state index in [4.69, 9.17) is 10.2 Å². The summed E-state index contributed by atoms with van der Waals surface area (Å²) in [7, 11) is 0. The minimum atomic E-state index is 0.137. The van der Waals surface area contributed by atoms with Crippen LogP contribution in [0.2, 0.25) is 0 Å². The summed E-state index contributed by atoms with van der Waals surface area (Å²) in [6.07, 6.45) is 0. The summed E-state index contributed by atoms with van der Waals surface area (Å²) in [6.45, 7) is 5.32. The lowest BCUT2D eigenvalue weighted by Gasteiger charge is -2.35. The molecule has 0 bridgehead atoms. The van der Waals surface area contributed by atoms with E-state index in [0.717, 1.165) is 12.3 Å². The average molecular weight is 214 g/mol. The maximum absolute atomic E-state index is 5.39. The number of aromatic nitrogens is 2. The van der Waals surface area contributed by atoms with Gasteiger partial charge in [0.25, 0.3) is 0 Å². The summed E-state index contributed by atoms with van der Waals surface area (Å²) in [4.78, 5) is 2.12. The topological polar surface area (TPSA) is 68.2 Å². The van der Waals surface area contributed by atoms with Crippen molar-refractivity contribution in [3.8, 4) is 0 Å². The van der Waals surface area contributed by atoms with Crippen LogP contribution in [0.4, 0.5) is 12.0 Å². The second-order valence-corrected chi connectivity index (χ2v) is 4.92. The second kappa shape index (κ2) is 3.68. The molecule has 0 spiro atoms. The van der Waals surface area contributed by atoms with Gasteiger partial charge in [0.15, 0.2) is 0 Å². The molecule has 0 aromatic carbocycles. The van der Waals surface area contributed by atoms with E-state index >= 15 is 0 Å². The van der Waals surface area contributed by atoms with Gasteiger partial charge in [-0.2, -0.15) is 11.8 Å². The van der Waals surface area contributed by atoms with Gasteiger partial charge in [-0.15, -0.1) is 0 Å². The first-order valence-electron chi connectivity index (χ1n) is 4.65. The molecule has 1 fully saturated rings. The molecule has 1 saturated heterocycles. The predicted molar refractivity (Wildman–Crippen MR) is 57.4 cm³/mol. The van der Waals surface area contributed by atoms with Crippen molar-refractivity contribution in [2.45, 2.75) is 25.1 Å². The van der Waals surface area contributed by atoms with Crippen LogP contribution in [0.3, 0.4) is 0 Å². The molecule has 6 heteroatoms. The van der Waals surface area contributed by atoms with Gasteiger partial charge < -0.3 is 15.1 Å². The van der Waals surface area contributed by atoms with Crippen molar-refractivity contribution in [2.24, 2.45) is 0 Å². The highest BCUT2D eigenvalue weighted by Gasteiger charge is 2.28. The Labute approximate surface area is 87.0 Å². The summed E-state index contributed by atoms with van der Waals surface area (Å²) in [6, 6.07) is 1.09. The Balaban J connectivity index is 2.17. The normalized spacial score (nSPS) is 28.0. The van der Waals surface area contributed by atoms with Gasteiger partial charge in [0, 0.05) is 23.6 Å². The number of nitrogens with zero attached hydrogens (tertiary/aromatic N) is 3. The summed E-state index contributed by atoms with van der Waals surface area (Å²) >= 11 is 1.97. The van der Waals surface area contributed by atoms with Crippen molar-refractivity contribution < 1.29 is 4.42 Å². The first-order chi connectivity index (χ1) is 6.68. The third kappa shape index (κ3) is 1.66.